The van der Waals surface area contributed by atoms with Gasteiger partial charge in [0.25, 0.3) is 0 Å². The standard InChI is InChI=1S/C15H14F3N5O2/c16-15(17,18)9-1-3-10(4-2-9)21-12-13(20-6-5-19-12)23-7-11(8-23)22-14(24)25/h1-6,11,22H,7-8H2,(H,19,21)(H,24,25). The Hall–Kier alpha value is -3.04. The number of benzene rings is 1. The minimum atomic E-state index is -4.39. The number of amides is 1. The Morgan fingerprint density at radius 1 is 1.16 bits per heavy atom. The average molecular weight is 353 g/mol. The van der Waals surface area contributed by atoms with Crippen LogP contribution in [0.2, 0.25) is 0 Å². The summed E-state index contributed by atoms with van der Waals surface area (Å²) < 4.78 is 37.8. The largest absolute Gasteiger partial charge is 0.465 e. The lowest BCUT2D eigenvalue weighted by Gasteiger charge is -2.40. The molecule has 0 atom stereocenters. The SMILES string of the molecule is O=C(O)NC1CN(c2nccnc2Nc2ccc(C(F)(F)F)cc2)C1. The fraction of sp³-hybridized carbons (Fsp3) is 0.267. The summed E-state index contributed by atoms with van der Waals surface area (Å²) in [4.78, 5) is 20.8. The van der Waals surface area contributed by atoms with E-state index in [0.717, 1.165) is 12.1 Å². The number of carboxylic acid groups (broad SMARTS) is 1. The molecule has 10 heteroatoms. The number of nitrogens with one attached hydrogen (secondary N) is 2. The van der Waals surface area contributed by atoms with Crippen molar-refractivity contribution in [3.63, 3.8) is 0 Å². The molecule has 0 aliphatic carbocycles. The number of rotatable bonds is 4. The van der Waals surface area contributed by atoms with E-state index in [1.54, 1.807) is 0 Å². The van der Waals surface area contributed by atoms with Crippen molar-refractivity contribution in [3.8, 4) is 0 Å². The molecule has 0 unspecified atom stereocenters. The van der Waals surface area contributed by atoms with E-state index < -0.39 is 17.8 Å². The van der Waals surface area contributed by atoms with Crippen LogP contribution in [0.25, 0.3) is 0 Å². The first kappa shape index (κ1) is 16.8. The van der Waals surface area contributed by atoms with Gasteiger partial charge in [0.2, 0.25) is 0 Å². The molecule has 1 aromatic carbocycles. The van der Waals surface area contributed by atoms with Crippen molar-refractivity contribution in [2.75, 3.05) is 23.3 Å². The minimum Gasteiger partial charge on any atom is -0.465 e. The maximum Gasteiger partial charge on any atom is 0.416 e. The molecule has 0 saturated carbocycles. The Morgan fingerprint density at radius 2 is 1.80 bits per heavy atom. The second-order valence-corrected chi connectivity index (χ2v) is 5.48. The highest BCUT2D eigenvalue weighted by molar-refractivity contribution is 5.70. The van der Waals surface area contributed by atoms with Crippen molar-refractivity contribution in [2.45, 2.75) is 12.2 Å². The summed E-state index contributed by atoms with van der Waals surface area (Å²) in [5.41, 5.74) is -0.293. The predicted molar refractivity (Wildman–Crippen MR) is 83.9 cm³/mol. The maximum atomic E-state index is 12.6. The molecule has 0 spiro atoms. The molecule has 132 valence electrons. The summed E-state index contributed by atoms with van der Waals surface area (Å²) in [6.45, 7) is 0.874. The number of alkyl halides is 3. The van der Waals surface area contributed by atoms with Gasteiger partial charge in [0, 0.05) is 31.2 Å². The third-order valence-corrected chi connectivity index (χ3v) is 3.66. The van der Waals surface area contributed by atoms with Gasteiger partial charge in [-0.1, -0.05) is 0 Å². The Labute approximate surface area is 140 Å². The number of anilines is 3. The van der Waals surface area contributed by atoms with Gasteiger partial charge in [-0.2, -0.15) is 13.2 Å². The van der Waals surface area contributed by atoms with Gasteiger partial charge in [0.05, 0.1) is 11.6 Å². The molecule has 0 bridgehead atoms. The average Bonchev–Trinajstić information content (AvgIpc) is 2.51. The Morgan fingerprint density at radius 3 is 2.40 bits per heavy atom. The van der Waals surface area contributed by atoms with Gasteiger partial charge in [0.1, 0.15) is 0 Å². The number of hydrogen-bond donors (Lipinski definition) is 3. The molecule has 1 aromatic heterocycles. The fourth-order valence-corrected chi connectivity index (χ4v) is 2.45. The van der Waals surface area contributed by atoms with Crippen LogP contribution in [0.4, 0.5) is 35.3 Å². The first-order valence-corrected chi connectivity index (χ1v) is 7.32. The third-order valence-electron chi connectivity index (χ3n) is 3.66. The van der Waals surface area contributed by atoms with E-state index in [1.165, 1.54) is 24.5 Å². The fourth-order valence-electron chi connectivity index (χ4n) is 2.45. The lowest BCUT2D eigenvalue weighted by Crippen LogP contribution is -2.59. The van der Waals surface area contributed by atoms with Gasteiger partial charge in [-0.15, -0.1) is 0 Å². The van der Waals surface area contributed by atoms with Crippen molar-refractivity contribution >= 4 is 23.4 Å². The zero-order valence-corrected chi connectivity index (χ0v) is 12.8. The molecule has 25 heavy (non-hydrogen) atoms. The summed E-state index contributed by atoms with van der Waals surface area (Å²) in [7, 11) is 0. The Bertz CT molecular complexity index is 761. The molecular weight excluding hydrogens is 339 g/mol. The van der Waals surface area contributed by atoms with E-state index in [9.17, 15) is 18.0 Å². The van der Waals surface area contributed by atoms with Crippen molar-refractivity contribution in [2.24, 2.45) is 0 Å². The summed E-state index contributed by atoms with van der Waals surface area (Å²) >= 11 is 0. The van der Waals surface area contributed by atoms with Crippen molar-refractivity contribution in [1.82, 2.24) is 15.3 Å². The Kier molecular flexibility index (Phi) is 4.34. The summed E-state index contributed by atoms with van der Waals surface area (Å²) in [5.74, 6) is 0.891. The predicted octanol–water partition coefficient (Wildman–Crippen LogP) is 2.70. The molecule has 1 saturated heterocycles. The Balaban J connectivity index is 1.71. The van der Waals surface area contributed by atoms with Crippen LogP contribution in [0, 0.1) is 0 Å². The summed E-state index contributed by atoms with van der Waals surface area (Å²) in [6.07, 6.45) is -2.53. The van der Waals surface area contributed by atoms with Crippen molar-refractivity contribution in [3.05, 3.63) is 42.2 Å². The highest BCUT2D eigenvalue weighted by Gasteiger charge is 2.31. The van der Waals surface area contributed by atoms with E-state index in [0.29, 0.717) is 30.4 Å². The van der Waals surface area contributed by atoms with Gasteiger partial charge in [0.15, 0.2) is 11.6 Å². The van der Waals surface area contributed by atoms with E-state index in [4.69, 9.17) is 5.11 Å². The first-order valence-electron chi connectivity index (χ1n) is 7.32. The quantitative estimate of drug-likeness (QED) is 0.783. The molecule has 1 amide bonds. The van der Waals surface area contributed by atoms with Crippen molar-refractivity contribution < 1.29 is 23.1 Å². The second-order valence-electron chi connectivity index (χ2n) is 5.48. The molecule has 1 aliphatic heterocycles. The van der Waals surface area contributed by atoms with Gasteiger partial charge >= 0.3 is 12.3 Å². The topological polar surface area (TPSA) is 90.4 Å². The highest BCUT2D eigenvalue weighted by atomic mass is 19.4. The number of nitrogens with zero attached hydrogens (tertiary/aromatic N) is 3. The molecule has 7 nitrogen and oxygen atoms in total. The van der Waals surface area contributed by atoms with E-state index >= 15 is 0 Å². The van der Waals surface area contributed by atoms with E-state index in [-0.39, 0.29) is 6.04 Å². The van der Waals surface area contributed by atoms with Gasteiger partial charge < -0.3 is 20.6 Å². The highest BCUT2D eigenvalue weighted by Crippen LogP contribution is 2.31. The van der Waals surface area contributed by atoms with Crippen LogP contribution in [0.3, 0.4) is 0 Å². The van der Waals surface area contributed by atoms with Crippen LogP contribution in [0.5, 0.6) is 0 Å². The van der Waals surface area contributed by atoms with Crippen LogP contribution in [0.1, 0.15) is 5.56 Å². The van der Waals surface area contributed by atoms with Crippen LogP contribution in [0.15, 0.2) is 36.7 Å². The van der Waals surface area contributed by atoms with Crippen LogP contribution in [-0.4, -0.2) is 40.3 Å². The first-order chi connectivity index (χ1) is 11.8. The summed E-state index contributed by atoms with van der Waals surface area (Å²) in [6, 6.07) is 4.39. The van der Waals surface area contributed by atoms with Crippen LogP contribution in [-0.2, 0) is 6.18 Å². The third kappa shape index (κ3) is 3.90. The van der Waals surface area contributed by atoms with E-state index in [1.807, 2.05) is 4.90 Å². The second kappa shape index (κ2) is 6.46. The molecule has 3 rings (SSSR count). The number of aromatic nitrogens is 2. The van der Waals surface area contributed by atoms with Crippen molar-refractivity contribution in [1.29, 1.82) is 0 Å². The molecule has 1 aliphatic rings. The number of carbonyl (C=O) groups is 1. The monoisotopic (exact) mass is 353 g/mol. The molecule has 3 N–H and O–H groups in total. The molecular formula is C15H14F3N5O2. The van der Waals surface area contributed by atoms with Crippen LogP contribution < -0.4 is 15.5 Å². The van der Waals surface area contributed by atoms with Gasteiger partial charge in [-0.05, 0) is 24.3 Å². The molecule has 2 aromatic rings. The smallest absolute Gasteiger partial charge is 0.416 e. The van der Waals surface area contributed by atoms with Crippen LogP contribution >= 0.6 is 0 Å². The van der Waals surface area contributed by atoms with Gasteiger partial charge in [-0.3, -0.25) is 0 Å². The summed E-state index contributed by atoms with van der Waals surface area (Å²) in [5, 5.41) is 14.0. The lowest BCUT2D eigenvalue weighted by molar-refractivity contribution is -0.137. The zero-order chi connectivity index (χ0) is 18.0. The van der Waals surface area contributed by atoms with E-state index in [2.05, 4.69) is 20.6 Å². The molecule has 2 heterocycles. The molecule has 1 fully saturated rings. The maximum absolute atomic E-state index is 12.6. The molecule has 0 radical (unpaired) electrons. The normalized spacial score (nSPS) is 14.8. The zero-order valence-electron chi connectivity index (χ0n) is 12.8. The number of hydrogen-bond acceptors (Lipinski definition) is 5. The minimum absolute atomic E-state index is 0.196. The van der Waals surface area contributed by atoms with Gasteiger partial charge in [-0.25, -0.2) is 14.8 Å². The lowest BCUT2D eigenvalue weighted by atomic mass is 10.1. The number of halogens is 3.